The van der Waals surface area contributed by atoms with E-state index in [1.807, 2.05) is 30.3 Å². The van der Waals surface area contributed by atoms with Crippen LogP contribution in [0.4, 0.5) is 0 Å². The number of quaternary nitrogens is 1. The number of aliphatic carboxylic acids is 2. The molecule has 1 aromatic rings. The number of rotatable bonds is 9. The van der Waals surface area contributed by atoms with Gasteiger partial charge in [-0.05, 0) is 25.9 Å². The Kier molecular flexibility index (Phi) is 7.39. The Morgan fingerprint density at radius 3 is 2.52 bits per heavy atom. The van der Waals surface area contributed by atoms with Crippen molar-refractivity contribution in [3.05, 3.63) is 59.6 Å². The lowest BCUT2D eigenvalue weighted by molar-refractivity contribution is -0.741. The van der Waals surface area contributed by atoms with Crippen LogP contribution < -0.4 is 0 Å². The summed E-state index contributed by atoms with van der Waals surface area (Å²) in [4.78, 5) is 30.4. The van der Waals surface area contributed by atoms with Gasteiger partial charge in [-0.15, -0.1) is 0 Å². The van der Waals surface area contributed by atoms with Gasteiger partial charge in [-0.2, -0.15) is 4.99 Å². The lowest BCUT2D eigenvalue weighted by atomic mass is 10.2. The lowest BCUT2D eigenvalue weighted by Crippen LogP contribution is -2.39. The zero-order valence-electron chi connectivity index (χ0n) is 18.2. The van der Waals surface area contributed by atoms with Crippen molar-refractivity contribution in [1.82, 2.24) is 4.90 Å². The van der Waals surface area contributed by atoms with Gasteiger partial charge >= 0.3 is 17.1 Å². The molecular weight excluding hydrogens is 444 g/mol. The van der Waals surface area contributed by atoms with E-state index < -0.39 is 22.2 Å². The molecule has 0 spiro atoms. The molecule has 10 heteroatoms. The first-order chi connectivity index (χ1) is 16.0. The zero-order valence-corrected chi connectivity index (χ0v) is 19.0. The molecule has 1 aromatic carbocycles. The Hall–Kier alpha value is -2.79. The molecule has 9 nitrogen and oxygen atoms in total. The fourth-order valence-electron chi connectivity index (χ4n) is 4.06. The van der Waals surface area contributed by atoms with Crippen molar-refractivity contribution in [3.8, 4) is 0 Å². The highest BCUT2D eigenvalue weighted by molar-refractivity contribution is 8.26. The van der Waals surface area contributed by atoms with Crippen molar-refractivity contribution in [1.29, 1.82) is 0 Å². The largest absolute Gasteiger partial charge is 0.478 e. The maximum Gasteiger partial charge on any atom is 0.394 e. The van der Waals surface area contributed by atoms with E-state index in [1.165, 1.54) is 37.4 Å². The Morgan fingerprint density at radius 2 is 1.85 bits per heavy atom. The van der Waals surface area contributed by atoms with E-state index in [-0.39, 0.29) is 6.61 Å². The van der Waals surface area contributed by atoms with Crippen molar-refractivity contribution >= 4 is 33.9 Å². The monoisotopic (exact) mass is 471 g/mol. The summed E-state index contributed by atoms with van der Waals surface area (Å²) in [6.45, 7) is 3.76. The summed E-state index contributed by atoms with van der Waals surface area (Å²) >= 11 is 1.23. The summed E-state index contributed by atoms with van der Waals surface area (Å²) in [5.41, 5.74) is 0.932. The summed E-state index contributed by atoms with van der Waals surface area (Å²) in [6, 6.07) is 9.32. The Balaban J connectivity index is 1.53. The third kappa shape index (κ3) is 5.41. The molecule has 174 valence electrons. The number of carbonyl (C=O) groups is 2. The molecule has 0 amide bonds. The average Bonchev–Trinajstić information content (AvgIpc) is 3.18. The van der Waals surface area contributed by atoms with Crippen molar-refractivity contribution in [2.45, 2.75) is 25.7 Å². The highest BCUT2D eigenvalue weighted by Crippen LogP contribution is 2.41. The molecule has 1 fully saturated rings. The Bertz CT molecular complexity index is 1030. The predicted octanol–water partition coefficient (Wildman–Crippen LogP) is 3.07. The second-order valence-electron chi connectivity index (χ2n) is 8.05. The molecule has 0 radical (unpaired) electrons. The third-order valence-corrected chi connectivity index (χ3v) is 6.73. The first-order valence-electron chi connectivity index (χ1n) is 11.0. The standard InChI is InChI=1S/C23H26N4O5S/c28-20(29)14-19(22(30)31)27-15-18(16-32-13-12-26-10-6-1-2-7-11-26)24-23(27)33-21(25-27)17-8-4-3-5-9-17/h3-5,8-9,14-15H,1-2,6-7,10-13,16H2,(H-,28,29,30,31)/p+1/b19-14-. The second-order valence-corrected chi connectivity index (χ2v) is 9.01. The minimum Gasteiger partial charge on any atom is -0.478 e. The average molecular weight is 472 g/mol. The molecular formula is C23H27N4O5S+. The smallest absolute Gasteiger partial charge is 0.394 e. The summed E-state index contributed by atoms with van der Waals surface area (Å²) in [6.07, 6.45) is 7.22. The third-order valence-electron chi connectivity index (χ3n) is 5.67. The van der Waals surface area contributed by atoms with Crippen LogP contribution in [0, 0.1) is 0 Å². The zero-order chi connectivity index (χ0) is 23.3. The SMILES string of the molecule is O=C(O)/C=C(/C(=O)O)[N+]12C=C(COCCN3CCCCCC3)N=C1SC(c1ccccc1)=N2. The molecule has 1 unspecified atom stereocenters. The Morgan fingerprint density at radius 1 is 1.12 bits per heavy atom. The fraction of sp³-hybridized carbons (Fsp3) is 0.391. The van der Waals surface area contributed by atoms with Gasteiger partial charge in [-0.1, -0.05) is 52.9 Å². The molecule has 1 atom stereocenters. The Labute approximate surface area is 196 Å². The number of hydrogen-bond acceptors (Lipinski definition) is 7. The van der Waals surface area contributed by atoms with Gasteiger partial charge in [-0.25, -0.2) is 9.59 Å². The van der Waals surface area contributed by atoms with E-state index in [2.05, 4.69) is 15.0 Å². The van der Waals surface area contributed by atoms with Crippen LogP contribution in [0.2, 0.25) is 0 Å². The number of fused-ring (bicyclic) bond motifs is 1. The van der Waals surface area contributed by atoms with Gasteiger partial charge in [0.2, 0.25) is 0 Å². The molecule has 4 rings (SSSR count). The van der Waals surface area contributed by atoms with Crippen LogP contribution in [0.1, 0.15) is 31.2 Å². The molecule has 2 N–H and O–H groups in total. The number of benzene rings is 1. The van der Waals surface area contributed by atoms with Gasteiger partial charge in [0.05, 0.1) is 19.3 Å². The van der Waals surface area contributed by atoms with Crippen LogP contribution in [0.15, 0.2) is 64.1 Å². The number of carboxylic acids is 2. The van der Waals surface area contributed by atoms with E-state index in [4.69, 9.17) is 4.74 Å². The van der Waals surface area contributed by atoms with Gasteiger partial charge in [-0.3, -0.25) is 0 Å². The van der Waals surface area contributed by atoms with E-state index >= 15 is 0 Å². The number of thioether (sulfide) groups is 1. The number of aliphatic imine (C=N–C) groups is 1. The van der Waals surface area contributed by atoms with Crippen LogP contribution in [-0.2, 0) is 14.3 Å². The summed E-state index contributed by atoms with van der Waals surface area (Å²) in [5.74, 6) is -2.73. The van der Waals surface area contributed by atoms with Crippen LogP contribution in [0.3, 0.4) is 0 Å². The van der Waals surface area contributed by atoms with Crippen LogP contribution in [-0.4, -0.2) is 74.7 Å². The van der Waals surface area contributed by atoms with E-state index in [1.54, 1.807) is 6.20 Å². The van der Waals surface area contributed by atoms with Gasteiger partial charge in [0.15, 0.2) is 11.2 Å². The lowest BCUT2D eigenvalue weighted by Gasteiger charge is -2.19. The molecule has 3 aliphatic rings. The normalized spacial score (nSPS) is 23.4. The fourth-order valence-corrected chi connectivity index (χ4v) is 5.15. The number of likely N-dealkylation sites (tertiary alicyclic amines) is 1. The molecule has 3 heterocycles. The van der Waals surface area contributed by atoms with Crippen molar-refractivity contribution in [2.24, 2.45) is 10.1 Å². The van der Waals surface area contributed by atoms with Crippen molar-refractivity contribution < 1.29 is 29.1 Å². The first-order valence-corrected chi connectivity index (χ1v) is 11.8. The summed E-state index contributed by atoms with van der Waals surface area (Å²) in [5, 5.41) is 24.6. The molecule has 0 aliphatic carbocycles. The van der Waals surface area contributed by atoms with Crippen LogP contribution in [0.5, 0.6) is 0 Å². The van der Waals surface area contributed by atoms with Gasteiger partial charge < -0.3 is 19.8 Å². The molecule has 0 bridgehead atoms. The maximum absolute atomic E-state index is 12.0. The van der Waals surface area contributed by atoms with Crippen molar-refractivity contribution in [2.75, 3.05) is 32.8 Å². The number of ether oxygens (including phenoxy) is 1. The molecule has 1 saturated heterocycles. The summed E-state index contributed by atoms with van der Waals surface area (Å²) < 4.78 is 5.23. The number of carboxylic acid groups (broad SMARTS) is 2. The maximum atomic E-state index is 12.0. The molecule has 0 saturated carbocycles. The minimum absolute atomic E-state index is 0.202. The summed E-state index contributed by atoms with van der Waals surface area (Å²) in [7, 11) is 0. The number of hydrogen-bond donors (Lipinski definition) is 2. The molecule has 0 aromatic heterocycles. The number of amidine groups is 1. The highest BCUT2D eigenvalue weighted by Gasteiger charge is 2.53. The minimum atomic E-state index is -1.37. The topological polar surface area (TPSA) is 112 Å². The predicted molar refractivity (Wildman–Crippen MR) is 125 cm³/mol. The van der Waals surface area contributed by atoms with Gasteiger partial charge in [0, 0.05) is 23.9 Å². The quantitative estimate of drug-likeness (QED) is 0.323. The van der Waals surface area contributed by atoms with Crippen LogP contribution in [0.25, 0.3) is 0 Å². The van der Waals surface area contributed by atoms with Gasteiger partial charge in [0.25, 0.3) is 5.70 Å². The van der Waals surface area contributed by atoms with Gasteiger partial charge in [0.1, 0.15) is 5.70 Å². The van der Waals surface area contributed by atoms with E-state index in [0.717, 1.165) is 25.2 Å². The second kappa shape index (κ2) is 10.4. The van der Waals surface area contributed by atoms with E-state index in [0.29, 0.717) is 28.6 Å². The van der Waals surface area contributed by atoms with Crippen LogP contribution >= 0.6 is 11.8 Å². The van der Waals surface area contributed by atoms with Crippen molar-refractivity contribution in [3.63, 3.8) is 0 Å². The molecule has 3 aliphatic heterocycles. The molecule has 33 heavy (non-hydrogen) atoms. The number of nitrogens with zero attached hydrogens (tertiary/aromatic N) is 4. The highest BCUT2D eigenvalue weighted by atomic mass is 32.2. The first kappa shape index (κ1) is 23.4. The van der Waals surface area contributed by atoms with E-state index in [9.17, 15) is 19.8 Å².